The number of hydrogen-bond acceptors (Lipinski definition) is 4. The van der Waals surface area contributed by atoms with Crippen LogP contribution in [0.3, 0.4) is 0 Å². The van der Waals surface area contributed by atoms with Crippen LogP contribution in [0.2, 0.25) is 0 Å². The lowest BCUT2D eigenvalue weighted by Crippen LogP contribution is -2.45. The van der Waals surface area contributed by atoms with Crippen molar-refractivity contribution in [2.24, 2.45) is 16.9 Å². The van der Waals surface area contributed by atoms with Gasteiger partial charge in [0.1, 0.15) is 6.54 Å². The number of anilines is 1. The van der Waals surface area contributed by atoms with E-state index in [0.29, 0.717) is 5.69 Å². The van der Waals surface area contributed by atoms with Gasteiger partial charge in [-0.05, 0) is 5.41 Å². The number of carbonyl (C=O) groups is 2. The highest BCUT2D eigenvalue weighted by Gasteiger charge is 2.27. The van der Waals surface area contributed by atoms with E-state index in [1.807, 2.05) is 20.8 Å². The van der Waals surface area contributed by atoms with Crippen LogP contribution in [0.25, 0.3) is 0 Å². The summed E-state index contributed by atoms with van der Waals surface area (Å²) in [4.78, 5) is 22.5. The van der Waals surface area contributed by atoms with Crippen LogP contribution in [0.15, 0.2) is 12.4 Å². The summed E-state index contributed by atoms with van der Waals surface area (Å²) in [5, 5.41) is 6.53. The maximum atomic E-state index is 11.8. The van der Waals surface area contributed by atoms with Crippen LogP contribution in [0, 0.1) is 5.41 Å². The van der Waals surface area contributed by atoms with Gasteiger partial charge in [-0.1, -0.05) is 20.8 Å². The summed E-state index contributed by atoms with van der Waals surface area (Å²) in [5.41, 5.74) is 11.0. The smallest absolute Gasteiger partial charge is 0.241 e. The van der Waals surface area contributed by atoms with E-state index in [1.165, 1.54) is 17.1 Å². The molecule has 100 valence electrons. The molecule has 1 heterocycles. The van der Waals surface area contributed by atoms with E-state index < -0.39 is 11.9 Å². The number of amides is 2. The lowest BCUT2D eigenvalue weighted by Gasteiger charge is -2.25. The zero-order valence-electron chi connectivity index (χ0n) is 10.8. The number of carbonyl (C=O) groups excluding carboxylic acids is 2. The van der Waals surface area contributed by atoms with Crippen molar-refractivity contribution in [2.45, 2.75) is 33.4 Å². The third-order valence-corrected chi connectivity index (χ3v) is 2.43. The second-order valence-electron chi connectivity index (χ2n) is 5.23. The molecule has 7 heteroatoms. The monoisotopic (exact) mass is 253 g/mol. The highest BCUT2D eigenvalue weighted by molar-refractivity contribution is 5.95. The van der Waals surface area contributed by atoms with Gasteiger partial charge in [-0.2, -0.15) is 5.10 Å². The Hall–Kier alpha value is -1.89. The summed E-state index contributed by atoms with van der Waals surface area (Å²) < 4.78 is 1.35. The lowest BCUT2D eigenvalue weighted by atomic mass is 9.87. The van der Waals surface area contributed by atoms with Crippen molar-refractivity contribution in [2.75, 3.05) is 5.32 Å². The Bertz CT molecular complexity index is 447. The molecule has 18 heavy (non-hydrogen) atoms. The molecule has 0 radical (unpaired) electrons. The summed E-state index contributed by atoms with van der Waals surface area (Å²) in [5.74, 6) is -0.788. The molecule has 1 atom stereocenters. The maximum Gasteiger partial charge on any atom is 0.241 e. The van der Waals surface area contributed by atoms with E-state index in [4.69, 9.17) is 11.5 Å². The van der Waals surface area contributed by atoms with Gasteiger partial charge >= 0.3 is 0 Å². The van der Waals surface area contributed by atoms with Gasteiger partial charge in [0.25, 0.3) is 0 Å². The number of primary amides is 1. The SMILES string of the molecule is CC(C)(C)[C@H](N)C(=O)Nc1cnn(CC(N)=O)c1. The Kier molecular flexibility index (Phi) is 4.07. The van der Waals surface area contributed by atoms with Crippen molar-refractivity contribution in [3.63, 3.8) is 0 Å². The first kappa shape index (κ1) is 14.2. The minimum atomic E-state index is -0.628. The second-order valence-corrected chi connectivity index (χ2v) is 5.23. The Morgan fingerprint density at radius 1 is 1.50 bits per heavy atom. The van der Waals surface area contributed by atoms with Crippen LogP contribution in [0.4, 0.5) is 5.69 Å². The van der Waals surface area contributed by atoms with Gasteiger partial charge in [0, 0.05) is 6.20 Å². The molecule has 0 aliphatic rings. The van der Waals surface area contributed by atoms with Gasteiger partial charge in [-0.25, -0.2) is 0 Å². The van der Waals surface area contributed by atoms with Crippen LogP contribution in [0.1, 0.15) is 20.8 Å². The zero-order chi connectivity index (χ0) is 13.9. The van der Waals surface area contributed by atoms with Crippen molar-refractivity contribution in [3.8, 4) is 0 Å². The Morgan fingerprint density at radius 3 is 2.61 bits per heavy atom. The molecule has 0 saturated heterocycles. The summed E-state index contributed by atoms with van der Waals surface area (Å²) in [7, 11) is 0. The van der Waals surface area contributed by atoms with E-state index in [1.54, 1.807) is 0 Å². The van der Waals surface area contributed by atoms with Crippen molar-refractivity contribution < 1.29 is 9.59 Å². The van der Waals surface area contributed by atoms with Crippen molar-refractivity contribution in [3.05, 3.63) is 12.4 Å². The van der Waals surface area contributed by atoms with E-state index in [9.17, 15) is 9.59 Å². The number of rotatable bonds is 4. The fourth-order valence-corrected chi connectivity index (χ4v) is 1.29. The van der Waals surface area contributed by atoms with Gasteiger partial charge in [0.2, 0.25) is 11.8 Å². The zero-order valence-corrected chi connectivity index (χ0v) is 10.8. The average Bonchev–Trinajstić information content (AvgIpc) is 2.61. The molecule has 7 nitrogen and oxygen atoms in total. The Balaban J connectivity index is 2.65. The third kappa shape index (κ3) is 3.85. The van der Waals surface area contributed by atoms with Crippen molar-refractivity contribution in [1.29, 1.82) is 0 Å². The van der Waals surface area contributed by atoms with Gasteiger partial charge in [0.15, 0.2) is 0 Å². The molecule has 1 rings (SSSR count). The molecule has 0 spiro atoms. The lowest BCUT2D eigenvalue weighted by molar-refractivity contribution is -0.119. The molecular weight excluding hydrogens is 234 g/mol. The van der Waals surface area contributed by atoms with Gasteiger partial charge in [0.05, 0.1) is 17.9 Å². The quantitative estimate of drug-likeness (QED) is 0.681. The molecule has 5 N–H and O–H groups in total. The summed E-state index contributed by atoms with van der Waals surface area (Å²) in [6, 6.07) is -0.628. The first-order chi connectivity index (χ1) is 8.20. The molecule has 0 aliphatic carbocycles. The predicted molar refractivity (Wildman–Crippen MR) is 67.5 cm³/mol. The number of nitrogens with zero attached hydrogens (tertiary/aromatic N) is 2. The number of hydrogen-bond donors (Lipinski definition) is 3. The average molecular weight is 253 g/mol. The molecule has 0 aliphatic heterocycles. The van der Waals surface area contributed by atoms with E-state index in [0.717, 1.165) is 0 Å². The minimum Gasteiger partial charge on any atom is -0.368 e. The molecule has 0 aromatic carbocycles. The van der Waals surface area contributed by atoms with Crippen LogP contribution in [-0.4, -0.2) is 27.6 Å². The third-order valence-electron chi connectivity index (χ3n) is 2.43. The fraction of sp³-hybridized carbons (Fsp3) is 0.545. The predicted octanol–water partition coefficient (Wildman–Crippen LogP) is -0.320. The number of nitrogens with two attached hydrogens (primary N) is 2. The summed E-state index contributed by atoms with van der Waals surface area (Å²) in [6.07, 6.45) is 2.97. The normalized spacial score (nSPS) is 13.1. The molecule has 2 amide bonds. The molecular formula is C11H19N5O2. The standard InChI is InChI=1S/C11H19N5O2/c1-11(2,3)9(13)10(18)15-7-4-14-16(5-7)6-8(12)17/h4-5,9H,6,13H2,1-3H3,(H2,12,17)(H,15,18)/t9-/m1/s1. The summed E-state index contributed by atoms with van der Waals surface area (Å²) in [6.45, 7) is 5.62. The van der Waals surface area contributed by atoms with Crippen molar-refractivity contribution >= 4 is 17.5 Å². The highest BCUT2D eigenvalue weighted by Crippen LogP contribution is 2.18. The fourth-order valence-electron chi connectivity index (χ4n) is 1.29. The van der Waals surface area contributed by atoms with Crippen LogP contribution in [0.5, 0.6) is 0 Å². The van der Waals surface area contributed by atoms with E-state index >= 15 is 0 Å². The topological polar surface area (TPSA) is 116 Å². The molecule has 0 fully saturated rings. The highest BCUT2D eigenvalue weighted by atomic mass is 16.2. The molecule has 0 unspecified atom stereocenters. The van der Waals surface area contributed by atoms with Gasteiger partial charge < -0.3 is 16.8 Å². The van der Waals surface area contributed by atoms with E-state index in [2.05, 4.69) is 10.4 Å². The van der Waals surface area contributed by atoms with E-state index in [-0.39, 0.29) is 17.9 Å². The van der Waals surface area contributed by atoms with Gasteiger partial charge in [-0.3, -0.25) is 14.3 Å². The Morgan fingerprint density at radius 2 is 2.11 bits per heavy atom. The van der Waals surface area contributed by atoms with Crippen molar-refractivity contribution in [1.82, 2.24) is 9.78 Å². The minimum absolute atomic E-state index is 0.0266. The molecule has 1 aromatic rings. The number of aromatic nitrogens is 2. The summed E-state index contributed by atoms with van der Waals surface area (Å²) >= 11 is 0. The Labute approximate surface area is 106 Å². The molecule has 0 bridgehead atoms. The number of nitrogens with one attached hydrogen (secondary N) is 1. The molecule has 0 saturated carbocycles. The first-order valence-corrected chi connectivity index (χ1v) is 5.57. The van der Waals surface area contributed by atoms with Crippen LogP contribution >= 0.6 is 0 Å². The van der Waals surface area contributed by atoms with Crippen LogP contribution < -0.4 is 16.8 Å². The first-order valence-electron chi connectivity index (χ1n) is 5.57. The van der Waals surface area contributed by atoms with Crippen LogP contribution in [-0.2, 0) is 16.1 Å². The largest absolute Gasteiger partial charge is 0.368 e. The maximum absolute atomic E-state index is 11.8. The van der Waals surface area contributed by atoms with Gasteiger partial charge in [-0.15, -0.1) is 0 Å². The second kappa shape index (κ2) is 5.18. The molecule has 1 aromatic heterocycles.